The second-order valence-electron chi connectivity index (χ2n) is 6.94. The van der Waals surface area contributed by atoms with E-state index in [1.54, 1.807) is 31.2 Å². The normalized spacial score (nSPS) is 12.3. The van der Waals surface area contributed by atoms with Crippen LogP contribution in [-0.2, 0) is 0 Å². The summed E-state index contributed by atoms with van der Waals surface area (Å²) in [6.07, 6.45) is 0.505. The number of aliphatic hydroxyl groups excluding tert-OH is 1. The molecule has 0 aliphatic heterocycles. The van der Waals surface area contributed by atoms with E-state index in [-0.39, 0.29) is 22.7 Å². The highest BCUT2D eigenvalue weighted by molar-refractivity contribution is 6.32. The fraction of sp³-hybridized carbons (Fsp3) is 0.250. The number of aryl methyl sites for hydroxylation is 1. The Balaban J connectivity index is 2.01. The maximum Gasteiger partial charge on any atom is 0.274 e. The molecule has 30 heavy (non-hydrogen) atoms. The van der Waals surface area contributed by atoms with Gasteiger partial charge in [-0.3, -0.25) is 10.1 Å². The monoisotopic (exact) mass is 467 g/mol. The zero-order chi connectivity index (χ0) is 22.0. The van der Waals surface area contributed by atoms with Gasteiger partial charge in [-0.2, -0.15) is 5.10 Å². The van der Waals surface area contributed by atoms with Crippen LogP contribution in [0.15, 0.2) is 36.5 Å². The van der Waals surface area contributed by atoms with E-state index in [4.69, 9.17) is 34.8 Å². The van der Waals surface area contributed by atoms with Crippen LogP contribution in [0.4, 0.5) is 5.69 Å². The molecule has 1 unspecified atom stereocenters. The van der Waals surface area contributed by atoms with Gasteiger partial charge in [-0.1, -0.05) is 34.8 Å². The molecule has 0 saturated heterocycles. The van der Waals surface area contributed by atoms with Crippen LogP contribution in [0.2, 0.25) is 15.2 Å². The van der Waals surface area contributed by atoms with Crippen LogP contribution in [0.3, 0.4) is 0 Å². The van der Waals surface area contributed by atoms with Crippen LogP contribution >= 0.6 is 34.8 Å². The number of amides is 1. The third-order valence-electron chi connectivity index (χ3n) is 4.21. The average molecular weight is 469 g/mol. The van der Waals surface area contributed by atoms with Crippen LogP contribution in [0.1, 0.15) is 41.7 Å². The third kappa shape index (κ3) is 4.94. The Morgan fingerprint density at radius 3 is 2.60 bits per heavy atom. The molecular weight excluding hydrogens is 449 g/mol. The Labute approximate surface area is 189 Å². The number of hydrogen-bond acceptors (Lipinski definition) is 5. The van der Waals surface area contributed by atoms with Crippen molar-refractivity contribution in [2.45, 2.75) is 33.0 Å². The molecule has 3 N–H and O–H groups in total. The van der Waals surface area contributed by atoms with E-state index in [0.717, 1.165) is 0 Å². The largest absolute Gasteiger partial charge is 0.374 e. The first-order valence-electron chi connectivity index (χ1n) is 9.09. The first kappa shape index (κ1) is 22.5. The Kier molecular flexibility index (Phi) is 7.00. The van der Waals surface area contributed by atoms with Crippen LogP contribution < -0.4 is 10.6 Å². The van der Waals surface area contributed by atoms with Crippen molar-refractivity contribution < 1.29 is 9.90 Å². The van der Waals surface area contributed by atoms with Gasteiger partial charge in [0.2, 0.25) is 0 Å². The Bertz CT molecular complexity index is 1080. The number of pyridine rings is 1. The quantitative estimate of drug-likeness (QED) is 0.453. The zero-order valence-electron chi connectivity index (χ0n) is 16.4. The molecule has 1 atom stereocenters. The molecule has 3 aromatic rings. The number of aromatic nitrogens is 3. The minimum atomic E-state index is -1.03. The van der Waals surface area contributed by atoms with E-state index in [1.165, 1.54) is 16.9 Å². The van der Waals surface area contributed by atoms with Crippen LogP contribution in [-0.4, -0.2) is 31.8 Å². The number of benzene rings is 1. The van der Waals surface area contributed by atoms with Gasteiger partial charge in [-0.25, -0.2) is 9.67 Å². The third-order valence-corrected chi connectivity index (χ3v) is 4.90. The summed E-state index contributed by atoms with van der Waals surface area (Å²) >= 11 is 18.4. The van der Waals surface area contributed by atoms with Crippen LogP contribution in [0, 0.1) is 6.92 Å². The van der Waals surface area contributed by atoms with Gasteiger partial charge in [0, 0.05) is 28.9 Å². The molecule has 1 amide bonds. The fourth-order valence-electron chi connectivity index (χ4n) is 2.95. The lowest BCUT2D eigenvalue weighted by molar-refractivity contribution is 0.101. The van der Waals surface area contributed by atoms with Crippen molar-refractivity contribution in [1.29, 1.82) is 0 Å². The Hall–Kier alpha value is -2.16. The second kappa shape index (κ2) is 9.32. The molecule has 1 aromatic carbocycles. The summed E-state index contributed by atoms with van der Waals surface area (Å²) in [5.41, 5.74) is 1.69. The lowest BCUT2D eigenvalue weighted by Crippen LogP contribution is -2.29. The van der Waals surface area contributed by atoms with E-state index >= 15 is 0 Å². The standard InChI is InChI=1S/C20H20Cl3N5O2/c1-10(2)25-19(29)13-8-12(21)7-11(3)17(13)26-20(30)15-9-16(23)27-28(15)18-14(22)5-4-6-24-18/h4-10,19,25,29H,1-3H3,(H,26,30). The Morgan fingerprint density at radius 1 is 1.20 bits per heavy atom. The van der Waals surface area contributed by atoms with Crippen molar-refractivity contribution in [3.8, 4) is 5.82 Å². The molecular formula is C20H20Cl3N5O2. The number of carbonyl (C=O) groups is 1. The van der Waals surface area contributed by atoms with Gasteiger partial charge >= 0.3 is 0 Å². The van der Waals surface area contributed by atoms with E-state index in [2.05, 4.69) is 20.7 Å². The van der Waals surface area contributed by atoms with Gasteiger partial charge < -0.3 is 10.4 Å². The highest BCUT2D eigenvalue weighted by Crippen LogP contribution is 2.31. The number of rotatable bonds is 6. The maximum atomic E-state index is 13.1. The molecule has 10 heteroatoms. The van der Waals surface area contributed by atoms with Crippen molar-refractivity contribution in [3.05, 3.63) is 68.5 Å². The topological polar surface area (TPSA) is 92.1 Å². The van der Waals surface area contributed by atoms with Gasteiger partial charge in [-0.05, 0) is 50.6 Å². The number of nitrogens with zero attached hydrogens (tertiary/aromatic N) is 3. The second-order valence-corrected chi connectivity index (χ2v) is 8.17. The molecule has 3 rings (SSSR count). The summed E-state index contributed by atoms with van der Waals surface area (Å²) < 4.78 is 1.27. The molecule has 0 radical (unpaired) electrons. The Morgan fingerprint density at radius 2 is 1.93 bits per heavy atom. The van der Waals surface area contributed by atoms with Crippen LogP contribution in [0.5, 0.6) is 0 Å². The molecule has 0 fully saturated rings. The average Bonchev–Trinajstić information content (AvgIpc) is 3.05. The van der Waals surface area contributed by atoms with Gasteiger partial charge in [0.15, 0.2) is 11.0 Å². The van der Waals surface area contributed by atoms with Gasteiger partial charge in [0.1, 0.15) is 11.9 Å². The molecule has 7 nitrogen and oxygen atoms in total. The maximum absolute atomic E-state index is 13.1. The first-order valence-corrected chi connectivity index (χ1v) is 10.2. The number of nitrogens with one attached hydrogen (secondary N) is 2. The number of anilines is 1. The predicted molar refractivity (Wildman–Crippen MR) is 119 cm³/mol. The summed E-state index contributed by atoms with van der Waals surface area (Å²) in [6.45, 7) is 5.58. The minimum absolute atomic E-state index is 0.00868. The smallest absolute Gasteiger partial charge is 0.274 e. The number of hydrogen-bond donors (Lipinski definition) is 3. The number of aliphatic hydroxyl groups is 1. The van der Waals surface area contributed by atoms with Crippen LogP contribution in [0.25, 0.3) is 5.82 Å². The van der Waals surface area contributed by atoms with Gasteiger partial charge in [0.25, 0.3) is 5.91 Å². The summed E-state index contributed by atoms with van der Waals surface area (Å²) in [5, 5.41) is 21.4. The van der Waals surface area contributed by atoms with Crippen molar-refractivity contribution in [2.24, 2.45) is 0 Å². The summed E-state index contributed by atoms with van der Waals surface area (Å²) in [6, 6.07) is 8.02. The number of carbonyl (C=O) groups excluding carboxylic acids is 1. The zero-order valence-corrected chi connectivity index (χ0v) is 18.7. The lowest BCUT2D eigenvalue weighted by atomic mass is 10.1. The lowest BCUT2D eigenvalue weighted by Gasteiger charge is -2.21. The minimum Gasteiger partial charge on any atom is -0.374 e. The van der Waals surface area contributed by atoms with Crippen molar-refractivity contribution in [1.82, 2.24) is 20.1 Å². The molecule has 2 heterocycles. The SMILES string of the molecule is Cc1cc(Cl)cc(C(O)NC(C)C)c1NC(=O)c1cc(Cl)nn1-c1ncccc1Cl. The predicted octanol–water partition coefficient (Wildman–Crippen LogP) is 4.78. The van der Waals surface area contributed by atoms with Crippen molar-refractivity contribution >= 4 is 46.4 Å². The van der Waals surface area contributed by atoms with E-state index in [9.17, 15) is 9.90 Å². The molecule has 0 saturated carbocycles. The molecule has 0 spiro atoms. The van der Waals surface area contributed by atoms with Gasteiger partial charge in [0.05, 0.1) is 10.7 Å². The van der Waals surface area contributed by atoms with E-state index < -0.39 is 12.1 Å². The van der Waals surface area contributed by atoms with Crippen molar-refractivity contribution in [3.63, 3.8) is 0 Å². The van der Waals surface area contributed by atoms with E-state index in [1.807, 2.05) is 13.8 Å². The molecule has 2 aromatic heterocycles. The molecule has 0 bridgehead atoms. The summed E-state index contributed by atoms with van der Waals surface area (Å²) in [5.74, 6) is -0.231. The van der Waals surface area contributed by atoms with E-state index in [0.29, 0.717) is 26.9 Å². The highest BCUT2D eigenvalue weighted by Gasteiger charge is 2.22. The summed E-state index contributed by atoms with van der Waals surface area (Å²) in [7, 11) is 0. The first-order chi connectivity index (χ1) is 14.2. The molecule has 0 aliphatic rings. The van der Waals surface area contributed by atoms with Gasteiger partial charge in [-0.15, -0.1) is 0 Å². The highest BCUT2D eigenvalue weighted by atomic mass is 35.5. The van der Waals surface area contributed by atoms with Crippen molar-refractivity contribution in [2.75, 3.05) is 5.32 Å². The summed E-state index contributed by atoms with van der Waals surface area (Å²) in [4.78, 5) is 17.3. The molecule has 0 aliphatic carbocycles. The molecule has 158 valence electrons. The fourth-order valence-corrected chi connectivity index (χ4v) is 3.61. The number of halogens is 3.